The summed E-state index contributed by atoms with van der Waals surface area (Å²) >= 11 is 0. The van der Waals surface area contributed by atoms with Crippen molar-refractivity contribution in [3.63, 3.8) is 0 Å². The number of fused-ring (bicyclic) bond motifs is 1. The van der Waals surface area contributed by atoms with Gasteiger partial charge in [-0.25, -0.2) is 0 Å². The van der Waals surface area contributed by atoms with Crippen molar-refractivity contribution < 1.29 is 15.0 Å². The maximum Gasteiger partial charge on any atom is 0.321 e. The summed E-state index contributed by atoms with van der Waals surface area (Å²) in [6.07, 6.45) is 1.17. The quantitative estimate of drug-likeness (QED) is 0.813. The summed E-state index contributed by atoms with van der Waals surface area (Å²) < 4.78 is 0. The van der Waals surface area contributed by atoms with Gasteiger partial charge < -0.3 is 10.2 Å². The van der Waals surface area contributed by atoms with Crippen molar-refractivity contribution in [2.75, 3.05) is 13.2 Å². The number of nitrogens with zero attached hydrogens (tertiary/aromatic N) is 1. The van der Waals surface area contributed by atoms with Crippen LogP contribution in [0.2, 0.25) is 0 Å². The van der Waals surface area contributed by atoms with Gasteiger partial charge in [-0.05, 0) is 24.0 Å². The number of carboxylic acids is 1. The van der Waals surface area contributed by atoms with Crippen LogP contribution in [0.25, 0.3) is 0 Å². The number of benzene rings is 1. The number of aliphatic hydroxyl groups is 1. The molecule has 92 valence electrons. The third-order valence-corrected chi connectivity index (χ3v) is 3.23. The summed E-state index contributed by atoms with van der Waals surface area (Å²) in [4.78, 5) is 13.2. The molecule has 1 unspecified atom stereocenters. The molecule has 1 atom stereocenters. The molecule has 0 aromatic heterocycles. The standard InChI is InChI=1S/C13H17NO3/c15-7-3-6-14-9-11-5-2-1-4-10(11)8-12(14)13(16)17/h1-2,4-5,12,15H,3,6-9H2,(H,16,17). The van der Waals surface area contributed by atoms with Crippen molar-refractivity contribution >= 4 is 5.97 Å². The zero-order valence-corrected chi connectivity index (χ0v) is 9.67. The molecule has 0 radical (unpaired) electrons. The van der Waals surface area contributed by atoms with E-state index in [1.807, 2.05) is 29.2 Å². The van der Waals surface area contributed by atoms with Gasteiger partial charge in [-0.15, -0.1) is 0 Å². The molecule has 1 aromatic carbocycles. The molecule has 1 aliphatic rings. The van der Waals surface area contributed by atoms with E-state index in [-0.39, 0.29) is 6.61 Å². The second-order valence-corrected chi connectivity index (χ2v) is 4.37. The van der Waals surface area contributed by atoms with E-state index in [1.165, 1.54) is 5.56 Å². The summed E-state index contributed by atoms with van der Waals surface area (Å²) in [6.45, 7) is 1.39. The molecule has 2 N–H and O–H groups in total. The molecule has 4 nitrogen and oxygen atoms in total. The molecule has 0 fully saturated rings. The Labute approximate surface area is 100 Å². The number of carboxylic acid groups (broad SMARTS) is 1. The summed E-state index contributed by atoms with van der Waals surface area (Å²) in [5, 5.41) is 18.1. The Kier molecular flexibility index (Phi) is 3.76. The average molecular weight is 235 g/mol. The Morgan fingerprint density at radius 2 is 2.06 bits per heavy atom. The first-order valence-electron chi connectivity index (χ1n) is 5.87. The van der Waals surface area contributed by atoms with Crippen molar-refractivity contribution in [1.82, 2.24) is 4.90 Å². The van der Waals surface area contributed by atoms with Gasteiger partial charge in [-0.2, -0.15) is 0 Å². The van der Waals surface area contributed by atoms with Crippen LogP contribution < -0.4 is 0 Å². The van der Waals surface area contributed by atoms with Gasteiger partial charge in [0.2, 0.25) is 0 Å². The van der Waals surface area contributed by atoms with Crippen molar-refractivity contribution in [3.05, 3.63) is 35.4 Å². The Bertz CT molecular complexity index is 405. The average Bonchev–Trinajstić information content (AvgIpc) is 2.35. The van der Waals surface area contributed by atoms with E-state index in [0.29, 0.717) is 25.9 Å². The van der Waals surface area contributed by atoms with Gasteiger partial charge in [0.05, 0.1) is 0 Å². The van der Waals surface area contributed by atoms with Crippen LogP contribution in [0, 0.1) is 0 Å². The maximum atomic E-state index is 11.2. The van der Waals surface area contributed by atoms with Crippen LogP contribution in [0.3, 0.4) is 0 Å². The molecule has 1 heterocycles. The number of hydrogen-bond acceptors (Lipinski definition) is 3. The summed E-state index contributed by atoms with van der Waals surface area (Å²) in [5.41, 5.74) is 2.32. The molecular weight excluding hydrogens is 218 g/mol. The van der Waals surface area contributed by atoms with Crippen LogP contribution in [0.1, 0.15) is 17.5 Å². The Morgan fingerprint density at radius 1 is 1.35 bits per heavy atom. The molecule has 0 aliphatic carbocycles. The van der Waals surface area contributed by atoms with E-state index in [2.05, 4.69) is 0 Å². The van der Waals surface area contributed by atoms with E-state index < -0.39 is 12.0 Å². The molecule has 1 aromatic rings. The normalized spacial score (nSPS) is 19.9. The smallest absolute Gasteiger partial charge is 0.321 e. The fraction of sp³-hybridized carbons (Fsp3) is 0.462. The number of rotatable bonds is 4. The molecule has 0 amide bonds. The second-order valence-electron chi connectivity index (χ2n) is 4.37. The Morgan fingerprint density at radius 3 is 2.71 bits per heavy atom. The lowest BCUT2D eigenvalue weighted by Gasteiger charge is -2.34. The van der Waals surface area contributed by atoms with Gasteiger partial charge >= 0.3 is 5.97 Å². The molecular formula is C13H17NO3. The Balaban J connectivity index is 2.18. The molecule has 0 spiro atoms. The van der Waals surface area contributed by atoms with Crippen LogP contribution >= 0.6 is 0 Å². The lowest BCUT2D eigenvalue weighted by molar-refractivity contribution is -0.144. The van der Waals surface area contributed by atoms with E-state index in [0.717, 1.165) is 5.56 Å². The lowest BCUT2D eigenvalue weighted by Crippen LogP contribution is -2.46. The van der Waals surface area contributed by atoms with E-state index in [9.17, 15) is 9.90 Å². The third-order valence-electron chi connectivity index (χ3n) is 3.23. The lowest BCUT2D eigenvalue weighted by atomic mass is 9.94. The first-order chi connectivity index (χ1) is 8.22. The molecule has 0 saturated carbocycles. The van der Waals surface area contributed by atoms with Crippen molar-refractivity contribution in [1.29, 1.82) is 0 Å². The summed E-state index contributed by atoms with van der Waals surface area (Å²) in [7, 11) is 0. The number of aliphatic carboxylic acids is 1. The van der Waals surface area contributed by atoms with Gasteiger partial charge in [-0.3, -0.25) is 9.69 Å². The van der Waals surface area contributed by atoms with Gasteiger partial charge in [-0.1, -0.05) is 24.3 Å². The molecule has 2 rings (SSSR count). The first-order valence-corrected chi connectivity index (χ1v) is 5.87. The van der Waals surface area contributed by atoms with E-state index in [4.69, 9.17) is 5.11 Å². The van der Waals surface area contributed by atoms with Gasteiger partial charge in [0.25, 0.3) is 0 Å². The number of aliphatic hydroxyl groups excluding tert-OH is 1. The molecule has 17 heavy (non-hydrogen) atoms. The van der Waals surface area contributed by atoms with Gasteiger partial charge in [0.1, 0.15) is 6.04 Å². The summed E-state index contributed by atoms with van der Waals surface area (Å²) in [5.74, 6) is -0.780. The zero-order valence-electron chi connectivity index (χ0n) is 9.67. The first kappa shape index (κ1) is 12.1. The topological polar surface area (TPSA) is 60.8 Å². The highest BCUT2D eigenvalue weighted by Crippen LogP contribution is 2.23. The van der Waals surface area contributed by atoms with Crippen LogP contribution in [0.15, 0.2) is 24.3 Å². The van der Waals surface area contributed by atoms with Crippen LogP contribution in [-0.4, -0.2) is 40.3 Å². The minimum Gasteiger partial charge on any atom is -0.480 e. The minimum atomic E-state index is -0.780. The van der Waals surface area contributed by atoms with Crippen LogP contribution in [0.4, 0.5) is 0 Å². The van der Waals surface area contributed by atoms with Crippen LogP contribution in [-0.2, 0) is 17.8 Å². The van der Waals surface area contributed by atoms with Crippen molar-refractivity contribution in [2.24, 2.45) is 0 Å². The molecule has 1 aliphatic heterocycles. The monoisotopic (exact) mass is 235 g/mol. The highest BCUT2D eigenvalue weighted by Gasteiger charge is 2.30. The van der Waals surface area contributed by atoms with Crippen molar-refractivity contribution in [3.8, 4) is 0 Å². The predicted molar refractivity (Wildman–Crippen MR) is 63.7 cm³/mol. The zero-order chi connectivity index (χ0) is 12.3. The fourth-order valence-electron chi connectivity index (χ4n) is 2.33. The van der Waals surface area contributed by atoms with E-state index in [1.54, 1.807) is 0 Å². The highest BCUT2D eigenvalue weighted by atomic mass is 16.4. The van der Waals surface area contributed by atoms with Gasteiger partial charge in [0.15, 0.2) is 0 Å². The minimum absolute atomic E-state index is 0.102. The highest BCUT2D eigenvalue weighted by molar-refractivity contribution is 5.74. The van der Waals surface area contributed by atoms with E-state index >= 15 is 0 Å². The Hall–Kier alpha value is -1.39. The largest absolute Gasteiger partial charge is 0.480 e. The van der Waals surface area contributed by atoms with Crippen molar-refractivity contribution in [2.45, 2.75) is 25.4 Å². The molecule has 0 bridgehead atoms. The SMILES string of the molecule is O=C(O)C1Cc2ccccc2CN1CCCO. The molecule has 4 heteroatoms. The van der Waals surface area contributed by atoms with Crippen LogP contribution in [0.5, 0.6) is 0 Å². The van der Waals surface area contributed by atoms with Gasteiger partial charge in [0, 0.05) is 19.7 Å². The predicted octanol–water partition coefficient (Wildman–Crippen LogP) is 0.880. The number of hydrogen-bond donors (Lipinski definition) is 2. The molecule has 0 saturated heterocycles. The third kappa shape index (κ3) is 2.65. The fourth-order valence-corrected chi connectivity index (χ4v) is 2.33. The second kappa shape index (κ2) is 5.29. The maximum absolute atomic E-state index is 11.2. The number of carbonyl (C=O) groups is 1. The summed E-state index contributed by atoms with van der Waals surface area (Å²) in [6, 6.07) is 7.50.